The number of methoxy groups -OCH3 is 1. The Morgan fingerprint density at radius 1 is 0.938 bits per heavy atom. The van der Waals surface area contributed by atoms with E-state index >= 15 is 0 Å². The first-order valence-electron chi connectivity index (χ1n) is 10.3. The average Bonchev–Trinajstić information content (AvgIpc) is 3.06. The van der Waals surface area contributed by atoms with Crippen LogP contribution in [0.3, 0.4) is 0 Å². The molecule has 0 bridgehead atoms. The third-order valence-corrected chi connectivity index (χ3v) is 6.44. The number of hydrogen-bond acceptors (Lipinski definition) is 6. The molecular formula is C22H27N3O6S. The minimum Gasteiger partial charge on any atom is -0.494 e. The number of ether oxygens (including phenoxy) is 2. The molecule has 2 amide bonds. The van der Waals surface area contributed by atoms with Gasteiger partial charge in [-0.25, -0.2) is 13.2 Å². The standard InChI is InChI=1S/C22H27N3O6S/c1-3-31-19-9-7-18(8-10-19)23-32(28,29)20-11-5-17(6-12-20)21(26)24-13-4-14-25(16-15-24)22(27)30-2/h5-12,23H,3-4,13-16H2,1-2H3. The number of hydrogen-bond donors (Lipinski definition) is 1. The van der Waals surface area contributed by atoms with Crippen LogP contribution in [-0.4, -0.2) is 70.1 Å². The van der Waals surface area contributed by atoms with Crippen molar-refractivity contribution in [1.82, 2.24) is 9.80 Å². The third kappa shape index (κ3) is 5.70. The zero-order valence-electron chi connectivity index (χ0n) is 18.1. The van der Waals surface area contributed by atoms with Crippen LogP contribution in [-0.2, 0) is 14.8 Å². The van der Waals surface area contributed by atoms with E-state index in [0.717, 1.165) is 0 Å². The van der Waals surface area contributed by atoms with Crippen molar-refractivity contribution in [2.75, 3.05) is 44.6 Å². The molecule has 9 nitrogen and oxygen atoms in total. The summed E-state index contributed by atoms with van der Waals surface area (Å²) in [6, 6.07) is 12.4. The van der Waals surface area contributed by atoms with E-state index < -0.39 is 16.1 Å². The van der Waals surface area contributed by atoms with Crippen LogP contribution in [0.1, 0.15) is 23.7 Å². The monoisotopic (exact) mass is 461 g/mol. The van der Waals surface area contributed by atoms with Crippen molar-refractivity contribution < 1.29 is 27.5 Å². The van der Waals surface area contributed by atoms with Crippen LogP contribution < -0.4 is 9.46 Å². The van der Waals surface area contributed by atoms with E-state index in [1.807, 2.05) is 6.92 Å². The summed E-state index contributed by atoms with van der Waals surface area (Å²) in [7, 11) is -2.48. The van der Waals surface area contributed by atoms with Gasteiger partial charge in [0.2, 0.25) is 0 Å². The molecule has 10 heteroatoms. The maximum atomic E-state index is 12.9. The van der Waals surface area contributed by atoms with Crippen LogP contribution >= 0.6 is 0 Å². The number of nitrogens with one attached hydrogen (secondary N) is 1. The SMILES string of the molecule is CCOc1ccc(NS(=O)(=O)c2ccc(C(=O)N3CCCN(C(=O)OC)CC3)cc2)cc1. The highest BCUT2D eigenvalue weighted by molar-refractivity contribution is 7.92. The van der Waals surface area contributed by atoms with Crippen molar-refractivity contribution >= 4 is 27.7 Å². The molecule has 0 radical (unpaired) electrons. The van der Waals surface area contributed by atoms with Gasteiger partial charge < -0.3 is 19.3 Å². The van der Waals surface area contributed by atoms with Gasteiger partial charge in [-0.05, 0) is 61.9 Å². The molecule has 1 aliphatic rings. The predicted octanol–water partition coefficient (Wildman–Crippen LogP) is 2.80. The van der Waals surface area contributed by atoms with E-state index in [-0.39, 0.29) is 10.8 Å². The van der Waals surface area contributed by atoms with Gasteiger partial charge in [0, 0.05) is 37.4 Å². The Bertz CT molecular complexity index is 1040. The Hall–Kier alpha value is -3.27. The number of amides is 2. The lowest BCUT2D eigenvalue weighted by Crippen LogP contribution is -2.37. The molecule has 0 saturated carbocycles. The van der Waals surface area contributed by atoms with Crippen LogP contribution in [0.15, 0.2) is 53.4 Å². The van der Waals surface area contributed by atoms with E-state index in [1.165, 1.54) is 31.4 Å². The fourth-order valence-corrected chi connectivity index (χ4v) is 4.45. The molecule has 2 aromatic rings. The molecule has 1 aliphatic heterocycles. The molecule has 0 unspecified atom stereocenters. The Balaban J connectivity index is 1.65. The summed E-state index contributed by atoms with van der Waals surface area (Å²) in [5.41, 5.74) is 0.796. The number of nitrogens with zero attached hydrogens (tertiary/aromatic N) is 2. The Kier molecular flexibility index (Phi) is 7.57. The number of benzene rings is 2. The molecule has 1 saturated heterocycles. The second kappa shape index (κ2) is 10.4. The lowest BCUT2D eigenvalue weighted by molar-refractivity contribution is 0.0757. The van der Waals surface area contributed by atoms with E-state index in [2.05, 4.69) is 4.72 Å². The molecule has 172 valence electrons. The second-order valence-corrected chi connectivity index (χ2v) is 8.87. The Morgan fingerprint density at radius 2 is 1.56 bits per heavy atom. The summed E-state index contributed by atoms with van der Waals surface area (Å²) >= 11 is 0. The first-order valence-corrected chi connectivity index (χ1v) is 11.8. The zero-order valence-corrected chi connectivity index (χ0v) is 18.9. The van der Waals surface area contributed by atoms with Crippen LogP contribution in [0, 0.1) is 0 Å². The molecule has 32 heavy (non-hydrogen) atoms. The maximum absolute atomic E-state index is 12.9. The molecular weight excluding hydrogens is 434 g/mol. The average molecular weight is 462 g/mol. The highest BCUT2D eigenvalue weighted by atomic mass is 32.2. The van der Waals surface area contributed by atoms with Gasteiger partial charge in [0.25, 0.3) is 15.9 Å². The first kappa shape index (κ1) is 23.4. The van der Waals surface area contributed by atoms with Crippen molar-refractivity contribution in [3.05, 3.63) is 54.1 Å². The maximum Gasteiger partial charge on any atom is 0.409 e. The van der Waals surface area contributed by atoms with Gasteiger partial charge in [-0.3, -0.25) is 9.52 Å². The molecule has 0 spiro atoms. The molecule has 0 aliphatic carbocycles. The molecule has 1 N–H and O–H groups in total. The van der Waals surface area contributed by atoms with Crippen LogP contribution in [0.5, 0.6) is 5.75 Å². The minimum absolute atomic E-state index is 0.0515. The van der Waals surface area contributed by atoms with Crippen LogP contribution in [0.2, 0.25) is 0 Å². The van der Waals surface area contributed by atoms with Gasteiger partial charge >= 0.3 is 6.09 Å². The molecule has 2 aromatic carbocycles. The van der Waals surface area contributed by atoms with Gasteiger partial charge in [0.1, 0.15) is 5.75 Å². The van der Waals surface area contributed by atoms with Crippen molar-refractivity contribution in [3.8, 4) is 5.75 Å². The number of carbonyl (C=O) groups is 2. The third-order valence-electron chi connectivity index (χ3n) is 5.05. The number of carbonyl (C=O) groups excluding carboxylic acids is 2. The molecule has 3 rings (SSSR count). The van der Waals surface area contributed by atoms with Gasteiger partial charge in [0.15, 0.2) is 0 Å². The van der Waals surface area contributed by atoms with Crippen molar-refractivity contribution in [2.24, 2.45) is 0 Å². The molecule has 0 aromatic heterocycles. The number of anilines is 1. The zero-order chi connectivity index (χ0) is 23.1. The fourth-order valence-electron chi connectivity index (χ4n) is 3.39. The van der Waals surface area contributed by atoms with Crippen molar-refractivity contribution in [2.45, 2.75) is 18.2 Å². The summed E-state index contributed by atoms with van der Waals surface area (Å²) in [6.45, 7) is 4.19. The van der Waals surface area contributed by atoms with Gasteiger partial charge in [-0.2, -0.15) is 0 Å². The summed E-state index contributed by atoms with van der Waals surface area (Å²) in [4.78, 5) is 27.8. The largest absolute Gasteiger partial charge is 0.494 e. The van der Waals surface area contributed by atoms with Crippen molar-refractivity contribution in [1.29, 1.82) is 0 Å². The van der Waals surface area contributed by atoms with Gasteiger partial charge in [-0.15, -0.1) is 0 Å². The summed E-state index contributed by atoms with van der Waals surface area (Å²) in [6.07, 6.45) is 0.230. The minimum atomic E-state index is -3.81. The Labute approximate surface area is 188 Å². The molecule has 1 fully saturated rings. The summed E-state index contributed by atoms with van der Waals surface area (Å²) in [5, 5.41) is 0. The van der Waals surface area contributed by atoms with E-state index in [4.69, 9.17) is 9.47 Å². The van der Waals surface area contributed by atoms with Crippen LogP contribution in [0.25, 0.3) is 0 Å². The lowest BCUT2D eigenvalue weighted by Gasteiger charge is -2.21. The topological polar surface area (TPSA) is 105 Å². The predicted molar refractivity (Wildman–Crippen MR) is 119 cm³/mol. The summed E-state index contributed by atoms with van der Waals surface area (Å²) < 4.78 is 38.0. The van der Waals surface area contributed by atoms with E-state index in [1.54, 1.807) is 34.1 Å². The Morgan fingerprint density at radius 3 is 2.19 bits per heavy atom. The molecule has 0 atom stereocenters. The normalized spacial score (nSPS) is 14.4. The van der Waals surface area contributed by atoms with Gasteiger partial charge in [-0.1, -0.05) is 0 Å². The highest BCUT2D eigenvalue weighted by Crippen LogP contribution is 2.20. The smallest absolute Gasteiger partial charge is 0.409 e. The second-order valence-electron chi connectivity index (χ2n) is 7.19. The van der Waals surface area contributed by atoms with Crippen LogP contribution in [0.4, 0.5) is 10.5 Å². The van der Waals surface area contributed by atoms with Gasteiger partial charge in [0.05, 0.1) is 18.6 Å². The number of rotatable bonds is 6. The fraction of sp³-hybridized carbons (Fsp3) is 0.364. The first-order chi connectivity index (χ1) is 15.3. The highest BCUT2D eigenvalue weighted by Gasteiger charge is 2.23. The summed E-state index contributed by atoms with van der Waals surface area (Å²) in [5.74, 6) is 0.446. The van der Waals surface area contributed by atoms with E-state index in [0.29, 0.717) is 56.2 Å². The quantitative estimate of drug-likeness (QED) is 0.709. The number of sulfonamides is 1. The molecule has 1 heterocycles. The van der Waals surface area contributed by atoms with E-state index in [9.17, 15) is 18.0 Å². The lowest BCUT2D eigenvalue weighted by atomic mass is 10.2. The van der Waals surface area contributed by atoms with Crippen molar-refractivity contribution in [3.63, 3.8) is 0 Å².